The number of aryl methyl sites for hydroxylation is 1. The monoisotopic (exact) mass is 447 g/mol. The van der Waals surface area contributed by atoms with Gasteiger partial charge in [-0.15, -0.1) is 0 Å². The normalized spacial score (nSPS) is 10.8. The first-order valence-corrected chi connectivity index (χ1v) is 10.8. The van der Waals surface area contributed by atoms with Crippen molar-refractivity contribution in [2.75, 3.05) is 0 Å². The van der Waals surface area contributed by atoms with E-state index in [1.54, 1.807) is 18.2 Å². The number of aliphatic carboxylic acids is 1. The van der Waals surface area contributed by atoms with Crippen LogP contribution in [0.3, 0.4) is 0 Å². The van der Waals surface area contributed by atoms with Gasteiger partial charge in [0.15, 0.2) is 0 Å². The molecule has 170 valence electrons. The highest BCUT2D eigenvalue weighted by atomic mass is 19.1. The highest BCUT2D eigenvalue weighted by Gasteiger charge is 2.04. The Kier molecular flexibility index (Phi) is 8.77. The first-order chi connectivity index (χ1) is 16.0. The van der Waals surface area contributed by atoms with E-state index in [1.807, 2.05) is 42.5 Å². The number of rotatable bonds is 11. The van der Waals surface area contributed by atoms with Crippen LogP contribution in [-0.4, -0.2) is 17.0 Å². The van der Waals surface area contributed by atoms with Crippen LogP contribution in [0.25, 0.3) is 11.1 Å². The van der Waals surface area contributed by atoms with Crippen molar-refractivity contribution in [2.45, 2.75) is 32.2 Å². The summed E-state index contributed by atoms with van der Waals surface area (Å²) in [6, 6.07) is 21.8. The van der Waals surface area contributed by atoms with E-state index >= 15 is 0 Å². The Bertz CT molecular complexity index is 1090. The molecule has 0 saturated heterocycles. The maximum Gasteiger partial charge on any atom is 0.331 e. The van der Waals surface area contributed by atoms with Gasteiger partial charge in [0, 0.05) is 13.0 Å². The van der Waals surface area contributed by atoms with Crippen molar-refractivity contribution >= 4 is 11.9 Å². The van der Waals surface area contributed by atoms with Gasteiger partial charge >= 0.3 is 5.97 Å². The van der Waals surface area contributed by atoms with Crippen LogP contribution < -0.4 is 10.1 Å². The minimum Gasteiger partial charge on any atom is -0.478 e. The number of carboxylic acids is 1. The van der Waals surface area contributed by atoms with Gasteiger partial charge in [0.05, 0.1) is 12.3 Å². The molecule has 0 unspecified atom stereocenters. The molecule has 0 spiro atoms. The van der Waals surface area contributed by atoms with Gasteiger partial charge in [-0.2, -0.15) is 0 Å². The van der Waals surface area contributed by atoms with Crippen LogP contribution in [0, 0.1) is 5.82 Å². The van der Waals surface area contributed by atoms with Crippen LogP contribution in [0.2, 0.25) is 0 Å². The SMILES string of the molecule is O=C(O)/C=C/Oc1ccc(-c2ccc(CNC(=O)CCCCc3cccc(F)c3)cc2)cc1. The number of carbonyl (C=O) groups excluding carboxylic acids is 1. The predicted octanol–water partition coefficient (Wildman–Crippen LogP) is 5.50. The van der Waals surface area contributed by atoms with Gasteiger partial charge in [0.25, 0.3) is 0 Å². The summed E-state index contributed by atoms with van der Waals surface area (Å²) in [4.78, 5) is 22.6. The number of amides is 1. The maximum absolute atomic E-state index is 13.2. The summed E-state index contributed by atoms with van der Waals surface area (Å²) in [6.45, 7) is 0.464. The van der Waals surface area contributed by atoms with Gasteiger partial charge in [-0.05, 0) is 65.8 Å². The largest absolute Gasteiger partial charge is 0.478 e. The smallest absolute Gasteiger partial charge is 0.331 e. The zero-order valence-electron chi connectivity index (χ0n) is 18.2. The van der Waals surface area contributed by atoms with Crippen molar-refractivity contribution in [1.82, 2.24) is 5.32 Å². The lowest BCUT2D eigenvalue weighted by Gasteiger charge is -2.08. The van der Waals surface area contributed by atoms with Crippen molar-refractivity contribution in [3.8, 4) is 16.9 Å². The average Bonchev–Trinajstić information content (AvgIpc) is 2.81. The molecule has 2 N–H and O–H groups in total. The van der Waals surface area contributed by atoms with Gasteiger partial charge < -0.3 is 15.2 Å². The molecule has 0 aromatic heterocycles. The minimum atomic E-state index is -1.07. The van der Waals surface area contributed by atoms with Gasteiger partial charge in [-0.25, -0.2) is 9.18 Å². The number of ether oxygens (including phenoxy) is 1. The van der Waals surface area contributed by atoms with Crippen LogP contribution in [-0.2, 0) is 22.6 Å². The number of nitrogens with one attached hydrogen (secondary N) is 1. The third-order valence-corrected chi connectivity index (χ3v) is 5.05. The van der Waals surface area contributed by atoms with E-state index in [0.717, 1.165) is 53.9 Å². The molecule has 3 aromatic carbocycles. The van der Waals surface area contributed by atoms with E-state index in [-0.39, 0.29) is 11.7 Å². The second-order valence-electron chi connectivity index (χ2n) is 7.59. The number of halogens is 1. The lowest BCUT2D eigenvalue weighted by molar-refractivity contribution is -0.131. The van der Waals surface area contributed by atoms with Gasteiger partial charge in [0.2, 0.25) is 5.91 Å². The van der Waals surface area contributed by atoms with E-state index in [1.165, 1.54) is 12.1 Å². The lowest BCUT2D eigenvalue weighted by Crippen LogP contribution is -2.22. The first-order valence-electron chi connectivity index (χ1n) is 10.8. The third-order valence-electron chi connectivity index (χ3n) is 5.05. The average molecular weight is 448 g/mol. The van der Waals surface area contributed by atoms with Crippen LogP contribution in [0.4, 0.5) is 4.39 Å². The molecule has 33 heavy (non-hydrogen) atoms. The molecular formula is C27H26FNO4. The lowest BCUT2D eigenvalue weighted by atomic mass is 10.0. The standard InChI is InChI=1S/C27H26FNO4/c28-24-6-3-5-20(18-24)4-1-2-7-26(30)29-19-21-8-10-22(11-9-21)23-12-14-25(15-13-23)33-17-16-27(31)32/h3,5-6,8-18H,1-2,4,7,19H2,(H,29,30)(H,31,32)/b17-16+. The quantitative estimate of drug-likeness (QED) is 0.231. The summed E-state index contributed by atoms with van der Waals surface area (Å²) in [5, 5.41) is 11.5. The molecule has 1 amide bonds. The molecule has 0 aliphatic carbocycles. The Morgan fingerprint density at radius 2 is 1.61 bits per heavy atom. The topological polar surface area (TPSA) is 75.6 Å². The number of hydrogen-bond acceptors (Lipinski definition) is 3. The molecule has 5 nitrogen and oxygen atoms in total. The second kappa shape index (κ2) is 12.2. The Balaban J connectivity index is 1.40. The van der Waals surface area contributed by atoms with E-state index < -0.39 is 5.97 Å². The van der Waals surface area contributed by atoms with Crippen LogP contribution in [0.15, 0.2) is 85.1 Å². The minimum absolute atomic E-state index is 0.00542. The van der Waals surface area contributed by atoms with Crippen LogP contribution in [0.5, 0.6) is 5.75 Å². The van der Waals surface area contributed by atoms with Gasteiger partial charge in [0.1, 0.15) is 11.6 Å². The summed E-state index contributed by atoms with van der Waals surface area (Å²) >= 11 is 0. The Hall–Kier alpha value is -3.93. The van der Waals surface area contributed by atoms with Gasteiger partial charge in [-0.3, -0.25) is 4.79 Å². The highest BCUT2D eigenvalue weighted by molar-refractivity contribution is 5.79. The van der Waals surface area contributed by atoms with E-state index in [2.05, 4.69) is 5.32 Å². The summed E-state index contributed by atoms with van der Waals surface area (Å²) < 4.78 is 18.4. The number of unbranched alkanes of at least 4 members (excludes halogenated alkanes) is 1. The van der Waals surface area contributed by atoms with Crippen molar-refractivity contribution < 1.29 is 23.8 Å². The second-order valence-corrected chi connectivity index (χ2v) is 7.59. The van der Waals surface area contributed by atoms with Crippen molar-refractivity contribution in [3.63, 3.8) is 0 Å². The first kappa shape index (κ1) is 23.7. The Labute approximate surface area is 192 Å². The maximum atomic E-state index is 13.2. The molecule has 0 aliphatic rings. The van der Waals surface area contributed by atoms with E-state index in [4.69, 9.17) is 9.84 Å². The highest BCUT2D eigenvalue weighted by Crippen LogP contribution is 2.23. The number of hydrogen-bond donors (Lipinski definition) is 2. The fourth-order valence-corrected chi connectivity index (χ4v) is 3.31. The number of benzene rings is 3. The molecular weight excluding hydrogens is 421 g/mol. The molecule has 0 fully saturated rings. The van der Waals surface area contributed by atoms with E-state index in [0.29, 0.717) is 18.7 Å². The number of carboxylic acid groups (broad SMARTS) is 1. The molecule has 3 aromatic rings. The zero-order valence-corrected chi connectivity index (χ0v) is 18.2. The molecule has 0 saturated carbocycles. The molecule has 3 rings (SSSR count). The molecule has 0 aliphatic heterocycles. The zero-order chi connectivity index (χ0) is 23.5. The van der Waals surface area contributed by atoms with E-state index in [9.17, 15) is 14.0 Å². The number of carbonyl (C=O) groups is 2. The summed E-state index contributed by atoms with van der Waals surface area (Å²) in [5.74, 6) is -0.742. The predicted molar refractivity (Wildman–Crippen MR) is 125 cm³/mol. The summed E-state index contributed by atoms with van der Waals surface area (Å²) in [7, 11) is 0. The van der Waals surface area contributed by atoms with Crippen molar-refractivity contribution in [2.24, 2.45) is 0 Å². The molecule has 6 heteroatoms. The molecule has 0 heterocycles. The third kappa shape index (κ3) is 8.26. The van der Waals surface area contributed by atoms with Crippen molar-refractivity contribution in [1.29, 1.82) is 0 Å². The summed E-state index contributed by atoms with van der Waals surface area (Å²) in [6.07, 6.45) is 4.86. The Morgan fingerprint density at radius 1 is 0.909 bits per heavy atom. The summed E-state index contributed by atoms with van der Waals surface area (Å²) in [5.41, 5.74) is 3.98. The fourth-order valence-electron chi connectivity index (χ4n) is 3.31. The Morgan fingerprint density at radius 3 is 2.27 bits per heavy atom. The fraction of sp³-hybridized carbons (Fsp3) is 0.185. The van der Waals surface area contributed by atoms with Gasteiger partial charge in [-0.1, -0.05) is 48.5 Å². The molecule has 0 radical (unpaired) electrons. The van der Waals surface area contributed by atoms with Crippen LogP contribution >= 0.6 is 0 Å². The molecule has 0 bridgehead atoms. The van der Waals surface area contributed by atoms with Crippen LogP contribution in [0.1, 0.15) is 30.4 Å². The molecule has 0 atom stereocenters. The van der Waals surface area contributed by atoms with Crippen molar-refractivity contribution in [3.05, 3.63) is 102 Å².